The molecule has 0 heterocycles. The van der Waals surface area contributed by atoms with Crippen LogP contribution in [0.4, 0.5) is 0 Å². The number of rotatable bonds is 16. The van der Waals surface area contributed by atoms with Crippen molar-refractivity contribution in [3.8, 4) is 0 Å². The van der Waals surface area contributed by atoms with Crippen molar-refractivity contribution in [2.24, 2.45) is 0 Å². The molecule has 24 heavy (non-hydrogen) atoms. The van der Waals surface area contributed by atoms with Gasteiger partial charge < -0.3 is 10.1 Å². The van der Waals surface area contributed by atoms with E-state index in [9.17, 15) is 9.59 Å². The van der Waals surface area contributed by atoms with Crippen LogP contribution in [0, 0.1) is 0 Å². The molecule has 0 aromatic rings. The van der Waals surface area contributed by atoms with Crippen LogP contribution < -0.4 is 5.32 Å². The molecule has 0 radical (unpaired) electrons. The summed E-state index contributed by atoms with van der Waals surface area (Å²) in [5.41, 5.74) is 0.278. The van der Waals surface area contributed by atoms with Gasteiger partial charge in [-0.25, -0.2) is 4.79 Å². The predicted octanol–water partition coefficient (Wildman–Crippen LogP) is 4.92. The lowest BCUT2D eigenvalue weighted by atomic mass is 10.0. The van der Waals surface area contributed by atoms with Gasteiger partial charge in [0.05, 0.1) is 7.11 Å². The molecule has 0 saturated heterocycles. The number of esters is 1. The van der Waals surface area contributed by atoms with E-state index >= 15 is 0 Å². The molecule has 0 atom stereocenters. The van der Waals surface area contributed by atoms with Gasteiger partial charge in [0.25, 0.3) is 0 Å². The average Bonchev–Trinajstić information content (AvgIpc) is 2.59. The number of carbonyl (C=O) groups is 2. The number of nitrogens with one attached hydrogen (secondary N) is 1. The Labute approximate surface area is 148 Å². The Morgan fingerprint density at radius 3 is 1.75 bits per heavy atom. The third-order valence-electron chi connectivity index (χ3n) is 4.23. The molecule has 0 spiro atoms. The fourth-order valence-corrected chi connectivity index (χ4v) is 2.64. The number of amides is 1. The SMILES string of the molecule is C=C(CNC(=O)CCCCCCCCCCCCCC)C(=O)OC. The quantitative estimate of drug-likeness (QED) is 0.247. The molecule has 0 aromatic carbocycles. The van der Waals surface area contributed by atoms with Crippen molar-refractivity contribution < 1.29 is 14.3 Å². The molecule has 0 aliphatic rings. The molecule has 1 N–H and O–H groups in total. The van der Waals surface area contributed by atoms with Gasteiger partial charge in [0.1, 0.15) is 0 Å². The largest absolute Gasteiger partial charge is 0.466 e. The van der Waals surface area contributed by atoms with E-state index in [2.05, 4.69) is 23.6 Å². The van der Waals surface area contributed by atoms with Crippen LogP contribution in [0.15, 0.2) is 12.2 Å². The fourth-order valence-electron chi connectivity index (χ4n) is 2.64. The summed E-state index contributed by atoms with van der Waals surface area (Å²) in [6.07, 6.45) is 15.9. The van der Waals surface area contributed by atoms with E-state index in [4.69, 9.17) is 0 Å². The Bertz CT molecular complexity index is 353. The first-order valence-corrected chi connectivity index (χ1v) is 9.64. The maximum absolute atomic E-state index is 11.6. The van der Waals surface area contributed by atoms with E-state index in [-0.39, 0.29) is 18.0 Å². The van der Waals surface area contributed by atoms with Gasteiger partial charge in [0, 0.05) is 18.5 Å². The highest BCUT2D eigenvalue weighted by molar-refractivity contribution is 5.89. The molecule has 140 valence electrons. The van der Waals surface area contributed by atoms with E-state index in [1.54, 1.807) is 0 Å². The average molecular weight is 340 g/mol. The molecule has 4 heteroatoms. The molecule has 0 fully saturated rings. The minimum atomic E-state index is -0.472. The van der Waals surface area contributed by atoms with Gasteiger partial charge in [0.15, 0.2) is 0 Å². The van der Waals surface area contributed by atoms with Gasteiger partial charge in [-0.1, -0.05) is 84.1 Å². The summed E-state index contributed by atoms with van der Waals surface area (Å²) >= 11 is 0. The summed E-state index contributed by atoms with van der Waals surface area (Å²) in [6, 6.07) is 0. The molecule has 0 rings (SSSR count). The monoisotopic (exact) mass is 339 g/mol. The summed E-state index contributed by atoms with van der Waals surface area (Å²) in [6.45, 7) is 6.00. The zero-order valence-electron chi connectivity index (χ0n) is 15.8. The zero-order chi connectivity index (χ0) is 18.0. The van der Waals surface area contributed by atoms with Gasteiger partial charge >= 0.3 is 5.97 Å². The van der Waals surface area contributed by atoms with Gasteiger partial charge in [0.2, 0.25) is 5.91 Å². The van der Waals surface area contributed by atoms with Crippen molar-refractivity contribution >= 4 is 11.9 Å². The zero-order valence-corrected chi connectivity index (χ0v) is 15.8. The Balaban J connectivity index is 3.30. The molecular weight excluding hydrogens is 302 g/mol. The molecule has 0 bridgehead atoms. The number of carbonyl (C=O) groups excluding carboxylic acids is 2. The minimum Gasteiger partial charge on any atom is -0.466 e. The number of unbranched alkanes of at least 4 members (excludes halogenated alkanes) is 11. The van der Waals surface area contributed by atoms with Crippen LogP contribution in [0.5, 0.6) is 0 Å². The number of hydrogen-bond acceptors (Lipinski definition) is 3. The van der Waals surface area contributed by atoms with E-state index in [0.29, 0.717) is 6.42 Å². The molecule has 1 amide bonds. The van der Waals surface area contributed by atoms with Gasteiger partial charge in [-0.2, -0.15) is 0 Å². The summed E-state index contributed by atoms with van der Waals surface area (Å²) in [5.74, 6) is -0.493. The van der Waals surface area contributed by atoms with Crippen LogP contribution in [0.3, 0.4) is 0 Å². The first-order chi connectivity index (χ1) is 11.6. The fraction of sp³-hybridized carbons (Fsp3) is 0.800. The van der Waals surface area contributed by atoms with Crippen molar-refractivity contribution in [3.63, 3.8) is 0 Å². The molecular formula is C20H37NO3. The van der Waals surface area contributed by atoms with Crippen molar-refractivity contribution in [1.82, 2.24) is 5.32 Å². The summed E-state index contributed by atoms with van der Waals surface area (Å²) in [4.78, 5) is 22.8. The summed E-state index contributed by atoms with van der Waals surface area (Å²) in [5, 5.41) is 2.70. The minimum absolute atomic E-state index is 0.0212. The molecule has 4 nitrogen and oxygen atoms in total. The Hall–Kier alpha value is -1.32. The van der Waals surface area contributed by atoms with Crippen molar-refractivity contribution in [1.29, 1.82) is 0 Å². The topological polar surface area (TPSA) is 55.4 Å². The van der Waals surface area contributed by atoms with Gasteiger partial charge in [-0.15, -0.1) is 0 Å². The molecule has 0 aliphatic carbocycles. The second-order valence-corrected chi connectivity index (χ2v) is 6.51. The summed E-state index contributed by atoms with van der Waals surface area (Å²) in [7, 11) is 1.31. The maximum Gasteiger partial charge on any atom is 0.334 e. The maximum atomic E-state index is 11.6. The van der Waals surface area contributed by atoms with E-state index in [0.717, 1.165) is 12.8 Å². The highest BCUT2D eigenvalue weighted by Gasteiger charge is 2.08. The number of methoxy groups -OCH3 is 1. The number of hydrogen-bond donors (Lipinski definition) is 1. The van der Waals surface area contributed by atoms with E-state index < -0.39 is 5.97 Å². The lowest BCUT2D eigenvalue weighted by Gasteiger charge is -2.06. The van der Waals surface area contributed by atoms with Crippen LogP contribution >= 0.6 is 0 Å². The van der Waals surface area contributed by atoms with E-state index in [1.807, 2.05) is 0 Å². The normalized spacial score (nSPS) is 10.4. The Morgan fingerprint density at radius 2 is 1.29 bits per heavy atom. The Morgan fingerprint density at radius 1 is 0.833 bits per heavy atom. The van der Waals surface area contributed by atoms with Crippen LogP contribution in [0.25, 0.3) is 0 Å². The molecule has 0 unspecified atom stereocenters. The molecule has 0 saturated carbocycles. The van der Waals surface area contributed by atoms with Gasteiger partial charge in [-0.05, 0) is 6.42 Å². The smallest absolute Gasteiger partial charge is 0.334 e. The third kappa shape index (κ3) is 14.3. The highest BCUT2D eigenvalue weighted by atomic mass is 16.5. The van der Waals surface area contributed by atoms with Crippen molar-refractivity contribution in [2.75, 3.05) is 13.7 Å². The second-order valence-electron chi connectivity index (χ2n) is 6.51. The molecule has 0 aromatic heterocycles. The third-order valence-corrected chi connectivity index (χ3v) is 4.23. The highest BCUT2D eigenvalue weighted by Crippen LogP contribution is 2.12. The molecule has 0 aliphatic heterocycles. The first-order valence-electron chi connectivity index (χ1n) is 9.64. The van der Waals surface area contributed by atoms with Crippen molar-refractivity contribution in [3.05, 3.63) is 12.2 Å². The van der Waals surface area contributed by atoms with E-state index in [1.165, 1.54) is 71.3 Å². The standard InChI is InChI=1S/C20H37NO3/c1-4-5-6-7-8-9-10-11-12-13-14-15-16-19(22)21-17-18(2)20(23)24-3/h2,4-17H2,1,3H3,(H,21,22). The Kier molecular flexibility index (Phi) is 15.6. The van der Waals surface area contributed by atoms with Crippen LogP contribution in [-0.4, -0.2) is 25.5 Å². The summed E-state index contributed by atoms with van der Waals surface area (Å²) < 4.78 is 4.53. The predicted molar refractivity (Wildman–Crippen MR) is 99.9 cm³/mol. The van der Waals surface area contributed by atoms with Crippen molar-refractivity contribution in [2.45, 2.75) is 90.4 Å². The van der Waals surface area contributed by atoms with Crippen LogP contribution in [0.1, 0.15) is 90.4 Å². The lowest BCUT2D eigenvalue weighted by Crippen LogP contribution is -2.27. The van der Waals surface area contributed by atoms with Gasteiger partial charge in [-0.3, -0.25) is 4.79 Å². The van der Waals surface area contributed by atoms with Crippen LogP contribution in [0.2, 0.25) is 0 Å². The lowest BCUT2D eigenvalue weighted by molar-refractivity contribution is -0.136. The first kappa shape index (κ1) is 22.7. The second kappa shape index (κ2) is 16.5. The van der Waals surface area contributed by atoms with Crippen LogP contribution in [-0.2, 0) is 14.3 Å². The number of ether oxygens (including phenoxy) is 1.